The first-order chi connectivity index (χ1) is 22.3. The molecule has 11 nitrogen and oxygen atoms in total. The Bertz CT molecular complexity index is 1320. The number of amides is 3. The van der Waals surface area contributed by atoms with Crippen LogP contribution in [0.4, 0.5) is 10.5 Å². The van der Waals surface area contributed by atoms with Crippen molar-refractivity contribution < 1.29 is 39.9 Å². The standard InChI is InChI=1S/C34H47N3O8/c1-3-4-18-43-20-16-36-31(40)11-6-12-32(41)37-24-13-14-26-28(21-24)29(22-45-34(35)42)25-8-5-9-27(33(25)26)30(39)10-7-19-44-23(2)15-17-38/h5,8-9,13-14,21,23,29,38H,3-4,6-7,10-12,15-20,22H2,1-2H3,(H2,35,42)(H,36,40)(H,37,41)/i/hD. The van der Waals surface area contributed by atoms with Crippen LogP contribution in [0.15, 0.2) is 36.4 Å². The van der Waals surface area contributed by atoms with Gasteiger partial charge in [0.15, 0.2) is 7.20 Å². The molecule has 2 aromatic carbocycles. The molecule has 0 saturated carbocycles. The summed E-state index contributed by atoms with van der Waals surface area (Å²) in [5, 5.41) is 14.7. The average Bonchev–Trinajstić information content (AvgIpc) is 3.36. The lowest BCUT2D eigenvalue weighted by Gasteiger charge is -2.14. The molecule has 0 fully saturated rings. The molecule has 2 atom stereocenters. The van der Waals surface area contributed by atoms with Crippen LogP contribution in [0.25, 0.3) is 11.1 Å². The Labute approximate surface area is 266 Å². The number of ketones is 1. The largest absolute Gasteiger partial charge is 0.449 e. The zero-order valence-corrected chi connectivity index (χ0v) is 26.3. The van der Waals surface area contributed by atoms with Crippen LogP contribution in [-0.2, 0) is 23.8 Å². The lowest BCUT2D eigenvalue weighted by molar-refractivity contribution is -0.121. The molecule has 0 aromatic heterocycles. The number of Topliss-reactive ketones (excluding diaryl/α,β-unsaturated/α-hetero) is 1. The minimum absolute atomic E-state index is 0.0443. The number of nitrogens with one attached hydrogen (secondary N) is 2. The van der Waals surface area contributed by atoms with Crippen LogP contribution in [0.1, 0.15) is 92.6 Å². The summed E-state index contributed by atoms with van der Waals surface area (Å²) in [6.45, 7) is 5.93. The Hall–Kier alpha value is -3.80. The Morgan fingerprint density at radius 2 is 1.82 bits per heavy atom. The molecular formula is C34H47N3O8. The molecule has 2 aromatic rings. The number of nitrogens with two attached hydrogens (primary N) is 1. The molecule has 0 bridgehead atoms. The van der Waals surface area contributed by atoms with Crippen molar-refractivity contribution in [2.45, 2.75) is 77.2 Å². The highest BCUT2D eigenvalue weighted by Crippen LogP contribution is 2.47. The van der Waals surface area contributed by atoms with Crippen LogP contribution < -0.4 is 16.4 Å². The van der Waals surface area contributed by atoms with Crippen LogP contribution in [0, 0.1) is 0 Å². The summed E-state index contributed by atoms with van der Waals surface area (Å²) >= 11 is 0. The molecule has 3 amide bonds. The maximum Gasteiger partial charge on any atom is 0.404 e. The lowest BCUT2D eigenvalue weighted by Crippen LogP contribution is -2.27. The monoisotopic (exact) mass is 626 g/mol. The first kappa shape index (κ1) is 34.1. The second-order valence-electron chi connectivity index (χ2n) is 11.2. The minimum atomic E-state index is -0.893. The van der Waals surface area contributed by atoms with Crippen molar-refractivity contribution in [2.24, 2.45) is 5.73 Å². The second kappa shape index (κ2) is 18.9. The fraction of sp³-hybridized carbons (Fsp3) is 0.529. The maximum absolute atomic E-state index is 13.4. The molecule has 1 aliphatic rings. The van der Waals surface area contributed by atoms with Gasteiger partial charge >= 0.3 is 6.09 Å². The van der Waals surface area contributed by atoms with E-state index in [1.54, 1.807) is 23.9 Å². The van der Waals surface area contributed by atoms with Gasteiger partial charge in [-0.15, -0.1) is 0 Å². The van der Waals surface area contributed by atoms with E-state index in [0.717, 1.165) is 35.1 Å². The third-order valence-corrected chi connectivity index (χ3v) is 7.64. The fourth-order valence-electron chi connectivity index (χ4n) is 5.31. The number of unbranched alkanes of at least 4 members (excludes halogenated alkanes) is 1. The van der Waals surface area contributed by atoms with Crippen molar-refractivity contribution in [1.82, 2.24) is 5.32 Å². The summed E-state index contributed by atoms with van der Waals surface area (Å²) in [5.74, 6) is -0.823. The molecule has 0 heterocycles. The number of primary amides is 1. The average molecular weight is 627 g/mol. The molecule has 3 rings (SSSR count). The molecule has 0 aliphatic heterocycles. The Morgan fingerprint density at radius 3 is 2.60 bits per heavy atom. The van der Waals surface area contributed by atoms with Crippen LogP contribution in [0.3, 0.4) is 0 Å². The molecule has 0 spiro atoms. The summed E-state index contributed by atoms with van der Waals surface area (Å²) in [4.78, 5) is 50.0. The second-order valence-corrected chi connectivity index (χ2v) is 11.2. The number of aliphatic hydroxyl groups excluding tert-OH is 1. The van der Waals surface area contributed by atoms with Crippen LogP contribution in [-0.4, -0.2) is 74.5 Å². The zero-order chi connectivity index (χ0) is 33.3. The normalized spacial score (nSPS) is 14.1. The van der Waals surface area contributed by atoms with Gasteiger partial charge in [-0.1, -0.05) is 37.6 Å². The van der Waals surface area contributed by atoms with Crippen LogP contribution in [0.5, 0.6) is 0 Å². The van der Waals surface area contributed by atoms with E-state index in [-0.39, 0.29) is 56.2 Å². The number of ether oxygens (including phenoxy) is 3. The number of benzene rings is 2. The molecule has 0 radical (unpaired) electrons. The van der Waals surface area contributed by atoms with Gasteiger partial charge in [0, 0.05) is 62.8 Å². The fourth-order valence-corrected chi connectivity index (χ4v) is 5.31. The number of fused-ring (bicyclic) bond motifs is 3. The maximum atomic E-state index is 13.4. The summed E-state index contributed by atoms with van der Waals surface area (Å²) in [6.07, 6.45) is 3.18. The van der Waals surface area contributed by atoms with Crippen molar-refractivity contribution in [2.75, 3.05) is 44.9 Å². The quantitative estimate of drug-likeness (QED) is 0.114. The predicted molar refractivity (Wildman–Crippen MR) is 171 cm³/mol. The van der Waals surface area contributed by atoms with Gasteiger partial charge in [-0.2, -0.15) is 0 Å². The van der Waals surface area contributed by atoms with Crippen molar-refractivity contribution in [3.63, 3.8) is 0 Å². The summed E-state index contributed by atoms with van der Waals surface area (Å²) < 4.78 is 23.5. The lowest BCUT2D eigenvalue weighted by atomic mass is 9.93. The molecule has 11 heteroatoms. The van der Waals surface area contributed by atoms with E-state index in [1.165, 1.54) is 0 Å². The van der Waals surface area contributed by atoms with E-state index in [4.69, 9.17) is 20.7 Å². The highest BCUT2D eigenvalue weighted by atomic mass is 16.5. The van der Waals surface area contributed by atoms with Crippen LogP contribution >= 0.6 is 0 Å². The molecule has 45 heavy (non-hydrogen) atoms. The Kier molecular flexibility index (Phi) is 14.3. The highest BCUT2D eigenvalue weighted by molar-refractivity contribution is 6.05. The highest BCUT2D eigenvalue weighted by Gasteiger charge is 2.33. The molecule has 246 valence electrons. The first-order valence-corrected chi connectivity index (χ1v) is 15.8. The Balaban J connectivity index is 1.65. The van der Waals surface area contributed by atoms with Gasteiger partial charge < -0.3 is 35.7 Å². The first-order valence-electron chi connectivity index (χ1n) is 16.3. The van der Waals surface area contributed by atoms with E-state index in [1.807, 2.05) is 25.1 Å². The van der Waals surface area contributed by atoms with Crippen molar-refractivity contribution in [3.8, 4) is 11.1 Å². The number of hydrogen-bond donors (Lipinski definition) is 4. The van der Waals surface area contributed by atoms with E-state index in [9.17, 15) is 19.2 Å². The summed E-state index contributed by atoms with van der Waals surface area (Å²) in [6, 6.07) is 10.9. The smallest absolute Gasteiger partial charge is 0.404 e. The van der Waals surface area contributed by atoms with Gasteiger partial charge in [0.1, 0.15) is 6.61 Å². The molecule has 1 aliphatic carbocycles. The van der Waals surface area contributed by atoms with Crippen molar-refractivity contribution in [1.29, 1.82) is 0 Å². The van der Waals surface area contributed by atoms with Gasteiger partial charge in [0.25, 0.3) is 0 Å². The van der Waals surface area contributed by atoms with Crippen LogP contribution in [0.2, 0.25) is 1.41 Å². The summed E-state index contributed by atoms with van der Waals surface area (Å²) in [7, 11) is 0. The van der Waals surface area contributed by atoms with E-state index in [2.05, 4.69) is 17.6 Å². The van der Waals surface area contributed by atoms with E-state index >= 15 is 0 Å². The number of hydrogen-bond acceptors (Lipinski definition) is 8. The number of carbonyl (C=O) groups excluding carboxylic acids is 4. The van der Waals surface area contributed by atoms with Gasteiger partial charge in [-0.3, -0.25) is 14.4 Å². The Morgan fingerprint density at radius 1 is 1.00 bits per heavy atom. The topological polar surface area (TPSA) is 166 Å². The number of aliphatic hydroxyl groups is 1. The number of anilines is 1. The SMILES string of the molecule is [2H]NC(=O)OCC1c2cc(NC(=O)CCCC(=O)NCCOCCCC)ccc2-c2c(C(=O)CCCOC(C)CCO)cccc21. The summed E-state index contributed by atoms with van der Waals surface area (Å²) in [5.41, 5.74) is 5.98. The molecule has 0 saturated heterocycles. The third kappa shape index (κ3) is 11.3. The molecular weight excluding hydrogens is 578 g/mol. The molecule has 2 unspecified atom stereocenters. The van der Waals surface area contributed by atoms with Gasteiger partial charge in [-0.05, 0) is 67.0 Å². The molecule has 5 N–H and O–H groups in total. The minimum Gasteiger partial charge on any atom is -0.449 e. The third-order valence-electron chi connectivity index (χ3n) is 7.64. The van der Waals surface area contributed by atoms with E-state index in [0.29, 0.717) is 56.9 Å². The number of carbonyl (C=O) groups is 4. The predicted octanol–water partition coefficient (Wildman–Crippen LogP) is 4.69. The van der Waals surface area contributed by atoms with Gasteiger partial charge in [0.05, 0.1) is 12.7 Å². The van der Waals surface area contributed by atoms with Crippen molar-refractivity contribution in [3.05, 3.63) is 53.1 Å². The number of rotatable bonds is 21. The van der Waals surface area contributed by atoms with E-state index < -0.39 is 12.0 Å². The van der Waals surface area contributed by atoms with Crippen molar-refractivity contribution >= 4 is 29.4 Å². The zero-order valence-electron chi connectivity index (χ0n) is 27.3. The van der Waals surface area contributed by atoms with Gasteiger partial charge in [0.2, 0.25) is 11.8 Å². The van der Waals surface area contributed by atoms with Gasteiger partial charge in [-0.25, -0.2) is 4.79 Å².